The van der Waals surface area contributed by atoms with E-state index in [-0.39, 0.29) is 23.9 Å². The van der Waals surface area contributed by atoms with Crippen molar-refractivity contribution in [3.05, 3.63) is 34.4 Å². The predicted molar refractivity (Wildman–Crippen MR) is 94.3 cm³/mol. The lowest BCUT2D eigenvalue weighted by Crippen LogP contribution is -2.34. The topological polar surface area (TPSA) is 93.1 Å². The number of hydrogen-bond donors (Lipinski definition) is 2. The molecule has 0 spiro atoms. The van der Waals surface area contributed by atoms with Gasteiger partial charge in [0.15, 0.2) is 0 Å². The van der Waals surface area contributed by atoms with Crippen LogP contribution in [0.1, 0.15) is 35.1 Å². The van der Waals surface area contributed by atoms with Gasteiger partial charge < -0.3 is 19.7 Å². The van der Waals surface area contributed by atoms with Crippen LogP contribution in [-0.2, 0) is 20.7 Å². The third-order valence-corrected chi connectivity index (χ3v) is 4.71. The van der Waals surface area contributed by atoms with Crippen molar-refractivity contribution in [3.8, 4) is 0 Å². The minimum Gasteiger partial charge on any atom is -0.450 e. The van der Waals surface area contributed by atoms with Gasteiger partial charge in [-0.15, -0.1) is 0 Å². The van der Waals surface area contributed by atoms with Gasteiger partial charge in [-0.25, -0.2) is 4.79 Å². The summed E-state index contributed by atoms with van der Waals surface area (Å²) in [5.74, 6) is 0.233. The van der Waals surface area contributed by atoms with Gasteiger partial charge in [0.25, 0.3) is 0 Å². The Morgan fingerprint density at radius 3 is 2.00 bits per heavy atom. The Bertz CT molecular complexity index is 583. The number of aryl methyl sites for hydroxylation is 3. The molecule has 0 amide bonds. The molecule has 6 heteroatoms. The zero-order chi connectivity index (χ0) is 19.1. The number of carboxylic acid groups (broad SMARTS) is 2. The molecule has 0 aromatic heterocycles. The first-order valence-electron chi connectivity index (χ1n) is 8.28. The van der Waals surface area contributed by atoms with Crippen molar-refractivity contribution in [2.45, 2.75) is 52.2 Å². The van der Waals surface area contributed by atoms with E-state index in [2.05, 4.69) is 32.9 Å². The van der Waals surface area contributed by atoms with E-state index >= 15 is 0 Å². The molecule has 1 aliphatic carbocycles. The molecule has 140 valence electrons. The molecule has 0 heterocycles. The Labute approximate surface area is 148 Å². The van der Waals surface area contributed by atoms with Gasteiger partial charge in [0.05, 0.1) is 12.2 Å². The summed E-state index contributed by atoms with van der Waals surface area (Å²) in [4.78, 5) is 21.3. The van der Waals surface area contributed by atoms with Crippen LogP contribution in [0.5, 0.6) is 0 Å². The zero-order valence-corrected chi connectivity index (χ0v) is 15.5. The van der Waals surface area contributed by atoms with E-state index < -0.39 is 6.16 Å². The lowest BCUT2D eigenvalue weighted by molar-refractivity contribution is -0.127. The van der Waals surface area contributed by atoms with Gasteiger partial charge in [-0.2, -0.15) is 0 Å². The van der Waals surface area contributed by atoms with Crippen molar-refractivity contribution in [3.63, 3.8) is 0 Å². The third kappa shape index (κ3) is 5.83. The summed E-state index contributed by atoms with van der Waals surface area (Å²) in [6.07, 6.45) is 0.369. The molecule has 6 nitrogen and oxygen atoms in total. The fourth-order valence-corrected chi connectivity index (χ4v) is 3.64. The molecule has 3 unspecified atom stereocenters. The number of Topliss-reactive ketones (excluding diaryl/α,β-unsaturated/α-hetero) is 1. The summed E-state index contributed by atoms with van der Waals surface area (Å²) in [7, 11) is 3.36. The molecule has 0 radical (unpaired) electrons. The Morgan fingerprint density at radius 1 is 1.04 bits per heavy atom. The van der Waals surface area contributed by atoms with Crippen molar-refractivity contribution in [2.24, 2.45) is 5.92 Å². The Balaban J connectivity index is 0.000000705. The molecule has 1 fully saturated rings. The van der Waals surface area contributed by atoms with Crippen molar-refractivity contribution in [1.82, 2.24) is 0 Å². The fraction of sp³-hybridized carbons (Fsp3) is 0.579. The van der Waals surface area contributed by atoms with Crippen LogP contribution < -0.4 is 0 Å². The largest absolute Gasteiger partial charge is 0.503 e. The second kappa shape index (κ2) is 9.53. The molecule has 0 bridgehead atoms. The monoisotopic (exact) mass is 352 g/mol. The summed E-state index contributed by atoms with van der Waals surface area (Å²) in [5.41, 5.74) is 4.82. The van der Waals surface area contributed by atoms with Gasteiger partial charge in [0, 0.05) is 26.6 Å². The van der Waals surface area contributed by atoms with E-state index in [1.165, 1.54) is 22.3 Å². The summed E-state index contributed by atoms with van der Waals surface area (Å²) < 4.78 is 11.0. The standard InChI is InChI=1S/C18H26O3.CH2O3/c1-11-8-12(2)15(13(3)9-11)10-16(19)14-6-7-17(20-4)18(14)21-5;2-1(3)4/h8-9,14,17-18H,6-7,10H2,1-5H3;(H2,2,3,4). The van der Waals surface area contributed by atoms with E-state index in [4.69, 9.17) is 24.5 Å². The number of ketones is 1. The molecule has 25 heavy (non-hydrogen) atoms. The van der Waals surface area contributed by atoms with E-state index in [0.717, 1.165) is 12.8 Å². The normalized spacial score (nSPS) is 22.2. The summed E-state index contributed by atoms with van der Waals surface area (Å²) in [6, 6.07) is 4.30. The first kappa shape index (κ1) is 21.1. The minimum absolute atomic E-state index is 0.0416. The third-order valence-electron chi connectivity index (χ3n) is 4.71. The number of ether oxygens (including phenoxy) is 2. The molecule has 2 rings (SSSR count). The van der Waals surface area contributed by atoms with Gasteiger partial charge in [-0.3, -0.25) is 4.79 Å². The fourth-order valence-electron chi connectivity index (χ4n) is 3.64. The Morgan fingerprint density at radius 2 is 1.56 bits per heavy atom. The molecule has 1 aliphatic rings. The van der Waals surface area contributed by atoms with Crippen LogP contribution in [-0.4, -0.2) is 48.6 Å². The quantitative estimate of drug-likeness (QED) is 0.844. The number of methoxy groups -OCH3 is 2. The van der Waals surface area contributed by atoms with E-state index in [1.807, 2.05) is 0 Å². The minimum atomic E-state index is -1.83. The number of carbonyl (C=O) groups excluding carboxylic acids is 1. The van der Waals surface area contributed by atoms with Gasteiger partial charge >= 0.3 is 6.16 Å². The second-order valence-electron chi connectivity index (χ2n) is 6.46. The molecule has 2 N–H and O–H groups in total. The van der Waals surface area contributed by atoms with Gasteiger partial charge in [0.2, 0.25) is 0 Å². The number of benzene rings is 1. The zero-order valence-electron chi connectivity index (χ0n) is 15.5. The van der Waals surface area contributed by atoms with Crippen molar-refractivity contribution < 1.29 is 29.3 Å². The lowest BCUT2D eigenvalue weighted by atomic mass is 9.90. The van der Waals surface area contributed by atoms with Gasteiger partial charge in [-0.05, 0) is 50.3 Å². The van der Waals surface area contributed by atoms with Crippen molar-refractivity contribution in [1.29, 1.82) is 0 Å². The lowest BCUT2D eigenvalue weighted by Gasteiger charge is -2.22. The summed E-state index contributed by atoms with van der Waals surface area (Å²) in [6.45, 7) is 6.26. The Hall–Kier alpha value is -1.92. The van der Waals surface area contributed by atoms with Crippen molar-refractivity contribution >= 4 is 11.9 Å². The van der Waals surface area contributed by atoms with Crippen LogP contribution >= 0.6 is 0 Å². The Kier molecular flexibility index (Phi) is 8.06. The molecule has 1 aromatic carbocycles. The van der Waals surface area contributed by atoms with E-state index in [9.17, 15) is 4.79 Å². The van der Waals surface area contributed by atoms with E-state index in [1.54, 1.807) is 14.2 Å². The van der Waals surface area contributed by atoms with E-state index in [0.29, 0.717) is 6.42 Å². The molecular weight excluding hydrogens is 324 g/mol. The molecular formula is C19H28O6. The van der Waals surface area contributed by atoms with Crippen LogP contribution in [0.2, 0.25) is 0 Å². The predicted octanol–water partition coefficient (Wildman–Crippen LogP) is 3.39. The highest BCUT2D eigenvalue weighted by atomic mass is 16.6. The molecule has 0 saturated heterocycles. The molecule has 1 saturated carbocycles. The highest BCUT2D eigenvalue weighted by Gasteiger charge is 2.40. The van der Waals surface area contributed by atoms with Crippen molar-refractivity contribution in [2.75, 3.05) is 14.2 Å². The molecule has 3 atom stereocenters. The van der Waals surface area contributed by atoms with Crippen LogP contribution in [0.15, 0.2) is 12.1 Å². The number of rotatable bonds is 5. The summed E-state index contributed by atoms with van der Waals surface area (Å²) in [5, 5.41) is 13.9. The molecule has 1 aromatic rings. The van der Waals surface area contributed by atoms with Crippen LogP contribution in [0.4, 0.5) is 4.79 Å². The van der Waals surface area contributed by atoms with Crippen LogP contribution in [0.3, 0.4) is 0 Å². The van der Waals surface area contributed by atoms with Gasteiger partial charge in [-0.1, -0.05) is 17.7 Å². The number of hydrogen-bond acceptors (Lipinski definition) is 4. The first-order chi connectivity index (χ1) is 11.7. The maximum Gasteiger partial charge on any atom is 0.503 e. The smallest absolute Gasteiger partial charge is 0.450 e. The average Bonchev–Trinajstić information content (AvgIpc) is 2.93. The number of carbonyl (C=O) groups is 2. The highest BCUT2D eigenvalue weighted by molar-refractivity contribution is 5.85. The van der Waals surface area contributed by atoms with Crippen LogP contribution in [0.25, 0.3) is 0 Å². The maximum atomic E-state index is 12.7. The first-order valence-corrected chi connectivity index (χ1v) is 8.28. The maximum absolute atomic E-state index is 12.7. The summed E-state index contributed by atoms with van der Waals surface area (Å²) >= 11 is 0. The van der Waals surface area contributed by atoms with Gasteiger partial charge in [0.1, 0.15) is 5.78 Å². The molecule has 0 aliphatic heterocycles. The second-order valence-corrected chi connectivity index (χ2v) is 6.46. The average molecular weight is 352 g/mol. The highest BCUT2D eigenvalue weighted by Crippen LogP contribution is 2.32. The van der Waals surface area contributed by atoms with Crippen LogP contribution in [0, 0.1) is 26.7 Å². The SMILES string of the molecule is COC1CCC(C(=O)Cc2c(C)cc(C)cc2C)C1OC.O=C(O)O.